The molecule has 0 bridgehead atoms. The molecule has 17 heavy (non-hydrogen) atoms. The minimum absolute atomic E-state index is 0.560. The first-order valence-electron chi connectivity index (χ1n) is 5.17. The van der Waals surface area contributed by atoms with Crippen molar-refractivity contribution in [3.05, 3.63) is 39.0 Å². The summed E-state index contributed by atoms with van der Waals surface area (Å²) in [6.45, 7) is 1.90. The molecule has 0 radical (unpaired) electrons. The smallest absolute Gasteiger partial charge is 0.112 e. The van der Waals surface area contributed by atoms with Crippen LogP contribution in [0.4, 0.5) is 0 Å². The van der Waals surface area contributed by atoms with Gasteiger partial charge in [-0.05, 0) is 40.5 Å². The van der Waals surface area contributed by atoms with Crippen LogP contribution in [0.1, 0.15) is 25.1 Å². The van der Waals surface area contributed by atoms with E-state index in [1.807, 2.05) is 25.1 Å². The molecule has 2 rings (SSSR count). The highest BCUT2D eigenvalue weighted by Crippen LogP contribution is 2.25. The summed E-state index contributed by atoms with van der Waals surface area (Å²) in [5.41, 5.74) is 1.46. The maximum atomic E-state index is 9.68. The Balaban J connectivity index is 2.40. The number of hydrogen-bond acceptors (Lipinski definition) is 3. The van der Waals surface area contributed by atoms with Gasteiger partial charge in [-0.15, -0.1) is 5.10 Å². The quantitative estimate of drug-likeness (QED) is 0.914. The maximum Gasteiger partial charge on any atom is 0.112 e. The summed E-state index contributed by atoms with van der Waals surface area (Å²) in [7, 11) is 0. The summed E-state index contributed by atoms with van der Waals surface area (Å²) in [4.78, 5) is 0. The molecule has 0 spiro atoms. The minimum atomic E-state index is -0.560. The zero-order valence-corrected chi connectivity index (χ0v) is 12.3. The fourth-order valence-corrected chi connectivity index (χ4v) is 2.19. The number of halogens is 2. The van der Waals surface area contributed by atoms with Crippen LogP contribution in [0.25, 0.3) is 5.69 Å². The van der Waals surface area contributed by atoms with E-state index in [0.29, 0.717) is 12.1 Å². The molecule has 0 saturated heterocycles. The van der Waals surface area contributed by atoms with Crippen LogP contribution >= 0.6 is 31.9 Å². The highest BCUT2D eigenvalue weighted by molar-refractivity contribution is 9.11. The van der Waals surface area contributed by atoms with E-state index >= 15 is 0 Å². The molecule has 6 heteroatoms. The van der Waals surface area contributed by atoms with Crippen molar-refractivity contribution in [2.24, 2.45) is 0 Å². The largest absolute Gasteiger partial charge is 0.387 e. The number of benzene rings is 1. The summed E-state index contributed by atoms with van der Waals surface area (Å²) >= 11 is 6.87. The lowest BCUT2D eigenvalue weighted by Gasteiger charge is -2.04. The minimum Gasteiger partial charge on any atom is -0.387 e. The molecule has 4 nitrogen and oxygen atoms in total. The van der Waals surface area contributed by atoms with Gasteiger partial charge in [0, 0.05) is 8.95 Å². The SMILES string of the molecule is CCC(O)c1cn(-c2cc(Br)ccc2Br)nn1. The number of rotatable bonds is 3. The highest BCUT2D eigenvalue weighted by Gasteiger charge is 2.12. The summed E-state index contributed by atoms with van der Waals surface area (Å²) in [5.74, 6) is 0. The normalized spacial score (nSPS) is 12.7. The van der Waals surface area contributed by atoms with E-state index in [0.717, 1.165) is 14.6 Å². The maximum absolute atomic E-state index is 9.68. The van der Waals surface area contributed by atoms with Gasteiger partial charge in [-0.25, -0.2) is 4.68 Å². The number of nitrogens with zero attached hydrogens (tertiary/aromatic N) is 3. The van der Waals surface area contributed by atoms with Gasteiger partial charge >= 0.3 is 0 Å². The molecule has 1 N–H and O–H groups in total. The van der Waals surface area contributed by atoms with Crippen LogP contribution in [0, 0.1) is 0 Å². The Kier molecular flexibility index (Phi) is 3.96. The predicted molar refractivity (Wildman–Crippen MR) is 72.0 cm³/mol. The topological polar surface area (TPSA) is 50.9 Å². The average molecular weight is 361 g/mol. The third-order valence-electron chi connectivity index (χ3n) is 2.39. The molecule has 0 aliphatic rings. The molecular formula is C11H11Br2N3O. The fraction of sp³-hybridized carbons (Fsp3) is 0.273. The van der Waals surface area contributed by atoms with E-state index in [1.54, 1.807) is 10.9 Å². The van der Waals surface area contributed by atoms with Crippen molar-refractivity contribution in [1.82, 2.24) is 15.0 Å². The Morgan fingerprint density at radius 1 is 1.41 bits per heavy atom. The van der Waals surface area contributed by atoms with Crippen molar-refractivity contribution in [2.45, 2.75) is 19.4 Å². The van der Waals surface area contributed by atoms with Crippen LogP contribution < -0.4 is 0 Å². The van der Waals surface area contributed by atoms with Crippen molar-refractivity contribution < 1.29 is 5.11 Å². The van der Waals surface area contributed by atoms with Crippen molar-refractivity contribution in [3.8, 4) is 5.69 Å². The lowest BCUT2D eigenvalue weighted by atomic mass is 10.2. The van der Waals surface area contributed by atoms with Gasteiger partial charge in [0.25, 0.3) is 0 Å². The number of hydrogen-bond donors (Lipinski definition) is 1. The lowest BCUT2D eigenvalue weighted by molar-refractivity contribution is 0.169. The molecule has 1 atom stereocenters. The van der Waals surface area contributed by atoms with Gasteiger partial charge in [0.05, 0.1) is 18.0 Å². The third kappa shape index (κ3) is 2.75. The number of aromatic nitrogens is 3. The van der Waals surface area contributed by atoms with Crippen LogP contribution in [0.5, 0.6) is 0 Å². The fourth-order valence-electron chi connectivity index (χ4n) is 1.42. The van der Waals surface area contributed by atoms with Crippen LogP contribution in [0.3, 0.4) is 0 Å². The monoisotopic (exact) mass is 359 g/mol. The predicted octanol–water partition coefficient (Wildman–Crippen LogP) is 3.24. The number of aliphatic hydroxyl groups is 1. The summed E-state index contributed by atoms with van der Waals surface area (Å²) in [6, 6.07) is 5.80. The number of aliphatic hydroxyl groups excluding tert-OH is 1. The molecule has 0 aliphatic heterocycles. The molecule has 0 amide bonds. The Bertz CT molecular complexity index is 527. The highest BCUT2D eigenvalue weighted by atomic mass is 79.9. The second-order valence-electron chi connectivity index (χ2n) is 3.61. The molecule has 1 unspecified atom stereocenters. The van der Waals surface area contributed by atoms with Crippen molar-refractivity contribution >= 4 is 31.9 Å². The first-order valence-corrected chi connectivity index (χ1v) is 6.76. The molecule has 2 aromatic rings. The van der Waals surface area contributed by atoms with Crippen molar-refractivity contribution in [1.29, 1.82) is 0 Å². The van der Waals surface area contributed by atoms with E-state index in [-0.39, 0.29) is 0 Å². The molecule has 1 aromatic heterocycles. The first kappa shape index (κ1) is 12.7. The van der Waals surface area contributed by atoms with Gasteiger partial charge in [-0.1, -0.05) is 28.1 Å². The average Bonchev–Trinajstić information content (AvgIpc) is 2.80. The Morgan fingerprint density at radius 2 is 2.18 bits per heavy atom. The van der Waals surface area contributed by atoms with Crippen molar-refractivity contribution in [3.63, 3.8) is 0 Å². The van der Waals surface area contributed by atoms with E-state index < -0.39 is 6.10 Å². The summed E-state index contributed by atoms with van der Waals surface area (Å²) in [6.07, 6.45) is 1.80. The van der Waals surface area contributed by atoms with Gasteiger partial charge in [0.15, 0.2) is 0 Å². The van der Waals surface area contributed by atoms with Gasteiger partial charge in [0.2, 0.25) is 0 Å². The van der Waals surface area contributed by atoms with E-state index in [9.17, 15) is 5.11 Å². The van der Waals surface area contributed by atoms with Crippen LogP contribution in [-0.4, -0.2) is 20.1 Å². The second kappa shape index (κ2) is 5.29. The van der Waals surface area contributed by atoms with E-state index in [4.69, 9.17) is 0 Å². The lowest BCUT2D eigenvalue weighted by Crippen LogP contribution is -1.96. The second-order valence-corrected chi connectivity index (χ2v) is 5.38. The molecule has 0 aliphatic carbocycles. The first-order chi connectivity index (χ1) is 8.11. The van der Waals surface area contributed by atoms with Crippen LogP contribution in [0.15, 0.2) is 33.3 Å². The van der Waals surface area contributed by atoms with E-state index in [1.165, 1.54) is 0 Å². The molecule has 1 aromatic carbocycles. The van der Waals surface area contributed by atoms with Gasteiger partial charge in [-0.3, -0.25) is 0 Å². The Hall–Kier alpha value is -0.720. The van der Waals surface area contributed by atoms with Crippen LogP contribution in [-0.2, 0) is 0 Å². The molecular weight excluding hydrogens is 350 g/mol. The zero-order valence-electron chi connectivity index (χ0n) is 9.14. The van der Waals surface area contributed by atoms with Crippen molar-refractivity contribution in [2.75, 3.05) is 0 Å². The summed E-state index contributed by atoms with van der Waals surface area (Å²) in [5, 5.41) is 17.7. The Labute approximate surface area is 116 Å². The summed E-state index contributed by atoms with van der Waals surface area (Å²) < 4.78 is 3.52. The molecule has 0 saturated carbocycles. The van der Waals surface area contributed by atoms with Gasteiger partial charge in [0.1, 0.15) is 5.69 Å². The van der Waals surface area contributed by atoms with Crippen LogP contribution in [0.2, 0.25) is 0 Å². The Morgan fingerprint density at radius 3 is 2.88 bits per heavy atom. The zero-order chi connectivity index (χ0) is 12.4. The standard InChI is InChI=1S/C11H11Br2N3O/c1-2-11(17)9-6-16(15-14-9)10-5-7(12)3-4-8(10)13/h3-6,11,17H,2H2,1H3. The van der Waals surface area contributed by atoms with Gasteiger partial charge in [-0.2, -0.15) is 0 Å². The van der Waals surface area contributed by atoms with Gasteiger partial charge < -0.3 is 5.11 Å². The van der Waals surface area contributed by atoms with E-state index in [2.05, 4.69) is 42.2 Å². The molecule has 1 heterocycles. The molecule has 0 fully saturated rings. The third-order valence-corrected chi connectivity index (χ3v) is 3.56. The molecule has 90 valence electrons.